The highest BCUT2D eigenvalue weighted by molar-refractivity contribution is 7.14. The quantitative estimate of drug-likeness (QED) is 0.354. The fourth-order valence-electron chi connectivity index (χ4n) is 4.61. The molecule has 4 nitrogen and oxygen atoms in total. The number of hydrogen-bond acceptors (Lipinski definition) is 6. The Morgan fingerprint density at radius 2 is 1.76 bits per heavy atom. The Hall–Kier alpha value is -1.40. The maximum atomic E-state index is 12.4. The average molecular weight is 491 g/mol. The number of thiophene rings is 1. The molecule has 0 N–H and O–H groups in total. The van der Waals surface area contributed by atoms with Crippen LogP contribution in [-0.2, 0) is 22.5 Å². The topological polar surface area (TPSA) is 42.4 Å². The van der Waals surface area contributed by atoms with Crippen molar-refractivity contribution in [2.24, 2.45) is 11.3 Å². The van der Waals surface area contributed by atoms with E-state index in [2.05, 4.69) is 50.1 Å². The lowest BCUT2D eigenvalue weighted by molar-refractivity contribution is -0.154. The number of hydrogen-bond donors (Lipinski definition) is 0. The number of thiazole rings is 1. The zero-order valence-corrected chi connectivity index (χ0v) is 23.2. The maximum absolute atomic E-state index is 12.4. The van der Waals surface area contributed by atoms with Crippen molar-refractivity contribution in [2.45, 2.75) is 105 Å². The molecule has 0 unspecified atom stereocenters. The third-order valence-electron chi connectivity index (χ3n) is 6.57. The molecule has 0 aromatic carbocycles. The number of carbonyl (C=O) groups excluding carboxylic acids is 1. The Balaban J connectivity index is 1.69. The van der Waals surface area contributed by atoms with Gasteiger partial charge >= 0.3 is 5.97 Å². The summed E-state index contributed by atoms with van der Waals surface area (Å²) >= 11 is 3.58. The van der Waals surface area contributed by atoms with E-state index in [-0.39, 0.29) is 5.97 Å². The second-order valence-electron chi connectivity index (χ2n) is 11.4. The van der Waals surface area contributed by atoms with E-state index >= 15 is 0 Å². The molecule has 0 radical (unpaired) electrons. The summed E-state index contributed by atoms with van der Waals surface area (Å²) in [5.74, 6) is 1.23. The summed E-state index contributed by atoms with van der Waals surface area (Å²) in [6.07, 6.45) is 6.47. The van der Waals surface area contributed by atoms with Gasteiger partial charge in [-0.2, -0.15) is 0 Å². The molecule has 0 aliphatic heterocycles. The second-order valence-corrected chi connectivity index (χ2v) is 13.5. The zero-order chi connectivity index (χ0) is 24.2. The normalized spacial score (nSPS) is 19.5. The van der Waals surface area contributed by atoms with Crippen molar-refractivity contribution >= 4 is 33.8 Å². The fraction of sp³-hybridized carbons (Fsp3) is 0.704. The van der Waals surface area contributed by atoms with Crippen molar-refractivity contribution in [3.8, 4) is 0 Å². The minimum absolute atomic E-state index is 0.148. The Morgan fingerprint density at radius 1 is 1.09 bits per heavy atom. The predicted octanol–water partition coefficient (Wildman–Crippen LogP) is 7.83. The highest BCUT2D eigenvalue weighted by atomic mass is 32.1. The largest absolute Gasteiger partial charge is 0.460 e. The molecular formula is C27H42N2O2S2. The summed E-state index contributed by atoms with van der Waals surface area (Å²) in [6, 6.07) is 4.43. The molecule has 2 aromatic heterocycles. The molecular weight excluding hydrogens is 448 g/mol. The number of rotatable bonds is 8. The smallest absolute Gasteiger partial charge is 0.308 e. The van der Waals surface area contributed by atoms with Gasteiger partial charge in [0.05, 0.1) is 18.7 Å². The van der Waals surface area contributed by atoms with Gasteiger partial charge in [0, 0.05) is 27.6 Å². The molecule has 1 aliphatic rings. The lowest BCUT2D eigenvalue weighted by Gasteiger charge is -2.36. The molecule has 184 valence electrons. The molecule has 1 saturated carbocycles. The first kappa shape index (κ1) is 26.2. The summed E-state index contributed by atoms with van der Waals surface area (Å²) in [6.45, 7) is 16.5. The number of aryl methyl sites for hydroxylation is 1. The van der Waals surface area contributed by atoms with Crippen LogP contribution in [0.2, 0.25) is 0 Å². The summed E-state index contributed by atoms with van der Waals surface area (Å²) < 4.78 is 5.55. The third kappa shape index (κ3) is 7.81. The van der Waals surface area contributed by atoms with Gasteiger partial charge in [-0.15, -0.1) is 22.7 Å². The minimum atomic E-state index is -0.452. The van der Waals surface area contributed by atoms with Crippen LogP contribution in [0.3, 0.4) is 0 Å². The Morgan fingerprint density at radius 3 is 2.33 bits per heavy atom. The standard InChI is InChI=1S/C27H42N2O2S2/c1-8-21-13-14-22(33-21)17-29(16-15-24(30)31-27(5,6)7)25-28-23(18-32-25)19-9-11-20(12-10-19)26(2,3)4/h13-14,18-20H,8-12,15-17H2,1-7H3. The third-order valence-corrected chi connectivity index (χ3v) is 8.70. The van der Waals surface area contributed by atoms with Crippen LogP contribution in [0.25, 0.3) is 0 Å². The Kier molecular flexibility index (Phi) is 8.66. The van der Waals surface area contributed by atoms with E-state index in [9.17, 15) is 4.79 Å². The van der Waals surface area contributed by atoms with Crippen LogP contribution >= 0.6 is 22.7 Å². The zero-order valence-electron chi connectivity index (χ0n) is 21.6. The van der Waals surface area contributed by atoms with Crippen LogP contribution < -0.4 is 4.90 Å². The number of aromatic nitrogens is 1. The van der Waals surface area contributed by atoms with E-state index in [1.807, 2.05) is 32.1 Å². The SMILES string of the molecule is CCc1ccc(CN(CCC(=O)OC(C)(C)C)c2nc(C3CCC(C(C)(C)C)CC3)cs2)s1. The molecule has 0 amide bonds. The number of ether oxygens (including phenoxy) is 1. The van der Waals surface area contributed by atoms with E-state index in [1.165, 1.54) is 41.1 Å². The summed E-state index contributed by atoms with van der Waals surface area (Å²) in [7, 11) is 0. The number of esters is 1. The van der Waals surface area contributed by atoms with Gasteiger partial charge in [0.1, 0.15) is 5.60 Å². The van der Waals surface area contributed by atoms with Crippen LogP contribution in [0, 0.1) is 11.3 Å². The van der Waals surface area contributed by atoms with E-state index in [0.717, 1.165) is 24.0 Å². The van der Waals surface area contributed by atoms with Crippen molar-refractivity contribution < 1.29 is 9.53 Å². The number of carbonyl (C=O) groups is 1. The van der Waals surface area contributed by atoms with Crippen LogP contribution in [0.5, 0.6) is 0 Å². The first-order chi connectivity index (χ1) is 15.4. The molecule has 2 aromatic rings. The molecule has 2 heterocycles. The highest BCUT2D eigenvalue weighted by Gasteiger charge is 2.31. The van der Waals surface area contributed by atoms with Gasteiger partial charge in [-0.3, -0.25) is 4.79 Å². The van der Waals surface area contributed by atoms with E-state index < -0.39 is 5.60 Å². The minimum Gasteiger partial charge on any atom is -0.460 e. The van der Waals surface area contributed by atoms with Crippen molar-refractivity contribution in [3.63, 3.8) is 0 Å². The highest BCUT2D eigenvalue weighted by Crippen LogP contribution is 2.43. The number of nitrogens with zero attached hydrogens (tertiary/aromatic N) is 2. The van der Waals surface area contributed by atoms with Crippen LogP contribution in [0.15, 0.2) is 17.5 Å². The van der Waals surface area contributed by atoms with Crippen LogP contribution in [-0.4, -0.2) is 23.1 Å². The van der Waals surface area contributed by atoms with E-state index in [4.69, 9.17) is 9.72 Å². The first-order valence-corrected chi connectivity index (χ1v) is 14.1. The van der Waals surface area contributed by atoms with Gasteiger partial charge in [-0.25, -0.2) is 4.98 Å². The maximum Gasteiger partial charge on any atom is 0.308 e. The fourth-order valence-corrected chi connectivity index (χ4v) is 6.52. The monoisotopic (exact) mass is 490 g/mol. The molecule has 0 atom stereocenters. The van der Waals surface area contributed by atoms with E-state index in [0.29, 0.717) is 24.3 Å². The molecule has 0 saturated heterocycles. The molecule has 1 aliphatic carbocycles. The Labute approximate surface area is 208 Å². The lowest BCUT2D eigenvalue weighted by Crippen LogP contribution is -2.29. The van der Waals surface area contributed by atoms with Crippen molar-refractivity contribution in [3.05, 3.63) is 33.0 Å². The molecule has 0 bridgehead atoms. The molecule has 6 heteroatoms. The van der Waals surface area contributed by atoms with Crippen LogP contribution in [0.4, 0.5) is 5.13 Å². The van der Waals surface area contributed by atoms with Crippen molar-refractivity contribution in [1.29, 1.82) is 0 Å². The molecule has 33 heavy (non-hydrogen) atoms. The molecule has 0 spiro atoms. The average Bonchev–Trinajstić information content (AvgIpc) is 3.39. The van der Waals surface area contributed by atoms with Gasteiger partial charge in [0.15, 0.2) is 5.13 Å². The second kappa shape index (κ2) is 10.9. The van der Waals surface area contributed by atoms with Gasteiger partial charge in [-0.05, 0) is 76.3 Å². The van der Waals surface area contributed by atoms with E-state index in [1.54, 1.807) is 11.3 Å². The van der Waals surface area contributed by atoms with Gasteiger partial charge in [0.2, 0.25) is 0 Å². The first-order valence-electron chi connectivity index (χ1n) is 12.4. The summed E-state index contributed by atoms with van der Waals surface area (Å²) in [5, 5.41) is 3.28. The van der Waals surface area contributed by atoms with Crippen LogP contribution in [0.1, 0.15) is 102 Å². The Bertz CT molecular complexity index is 896. The predicted molar refractivity (Wildman–Crippen MR) is 141 cm³/mol. The summed E-state index contributed by atoms with van der Waals surface area (Å²) in [5.41, 5.74) is 1.19. The van der Waals surface area contributed by atoms with Gasteiger partial charge in [0.25, 0.3) is 0 Å². The molecule has 3 rings (SSSR count). The van der Waals surface area contributed by atoms with Gasteiger partial charge in [-0.1, -0.05) is 27.7 Å². The van der Waals surface area contributed by atoms with Crippen molar-refractivity contribution in [2.75, 3.05) is 11.4 Å². The summed E-state index contributed by atoms with van der Waals surface area (Å²) in [4.78, 5) is 22.5. The molecule has 1 fully saturated rings. The lowest BCUT2D eigenvalue weighted by atomic mass is 9.69. The van der Waals surface area contributed by atoms with Crippen molar-refractivity contribution in [1.82, 2.24) is 4.98 Å². The van der Waals surface area contributed by atoms with Gasteiger partial charge < -0.3 is 9.64 Å². The number of anilines is 1.